The maximum Gasteiger partial charge on any atom is -0.0253 e. The van der Waals surface area contributed by atoms with Gasteiger partial charge in [0.05, 0.1) is 0 Å². The van der Waals surface area contributed by atoms with Gasteiger partial charge in [-0.15, -0.1) is 5.56 Å². The summed E-state index contributed by atoms with van der Waals surface area (Å²) in [5.74, 6) is 0. The van der Waals surface area contributed by atoms with E-state index in [1.165, 1.54) is 57.6 Å². The van der Waals surface area contributed by atoms with Gasteiger partial charge in [-0.3, -0.25) is 0 Å². The third-order valence-electron chi connectivity index (χ3n) is 7.35. The summed E-state index contributed by atoms with van der Waals surface area (Å²) in [5.41, 5.74) is 7.52. The number of halogens is 8. The fourth-order valence-corrected chi connectivity index (χ4v) is 5.66. The molecule has 6 rings (SSSR count). The van der Waals surface area contributed by atoms with Crippen molar-refractivity contribution in [2.45, 2.75) is 51.9 Å². The summed E-state index contributed by atoms with van der Waals surface area (Å²) >= 11 is 0.729. The smallest absolute Gasteiger partial charge is 0.0253 e. The second kappa shape index (κ2) is 16.5. The summed E-state index contributed by atoms with van der Waals surface area (Å²) < 4.78 is 76.7. The zero-order valence-corrected chi connectivity index (χ0v) is 30.1. The van der Waals surface area contributed by atoms with E-state index in [0.29, 0.717) is 8.62 Å². The largest absolute Gasteiger partial charge is 1.00 e. The van der Waals surface area contributed by atoms with Gasteiger partial charge < -0.3 is 24.8 Å². The molecule has 0 heterocycles. The van der Waals surface area contributed by atoms with Gasteiger partial charge in [-0.25, -0.2) is 6.07 Å². The van der Waals surface area contributed by atoms with Gasteiger partial charge in [0, 0.05) is 0 Å². The van der Waals surface area contributed by atoms with Crippen molar-refractivity contribution in [2.75, 3.05) is 0 Å². The van der Waals surface area contributed by atoms with Crippen LogP contribution in [0, 0.1) is 13.0 Å². The molecule has 5 aromatic rings. The number of alkyl halides is 6. The van der Waals surface area contributed by atoms with Gasteiger partial charge in [0.15, 0.2) is 0 Å². The Morgan fingerprint density at radius 1 is 0.681 bits per heavy atom. The van der Waals surface area contributed by atoms with E-state index in [2.05, 4.69) is 88.4 Å². The molecule has 0 amide bonds. The van der Waals surface area contributed by atoms with Gasteiger partial charge in [0.25, 0.3) is 0 Å². The quantitative estimate of drug-likeness (QED) is 0.174. The molecule has 5 aromatic carbocycles. The van der Waals surface area contributed by atoms with Crippen LogP contribution in [0.2, 0.25) is 0 Å². The van der Waals surface area contributed by atoms with E-state index >= 15 is 0 Å². The first-order chi connectivity index (χ1) is 21.0. The molecule has 9 heteroatoms. The Labute approximate surface area is 299 Å². The first-order valence-corrected chi connectivity index (χ1v) is 15.5. The van der Waals surface area contributed by atoms with Crippen LogP contribution in [-0.4, -0.2) is 3.21 Å². The molecule has 0 spiro atoms. The van der Waals surface area contributed by atoms with Crippen molar-refractivity contribution in [2.24, 2.45) is 0 Å². The summed E-state index contributed by atoms with van der Waals surface area (Å²) in [5, 5.41) is 0. The molecular weight excluding hydrogens is 733 g/mol. The minimum Gasteiger partial charge on any atom is -1.00 e. The molecule has 0 saturated carbocycles. The number of aryl methyl sites for hydroxylation is 1. The summed E-state index contributed by atoms with van der Waals surface area (Å²) in [6.45, 7) is 8.85. The summed E-state index contributed by atoms with van der Waals surface area (Å²) in [6.07, 6.45) is -7.92. The fraction of sp³-hybridized carbons (Fsp3) is 0.211. The molecule has 0 nitrogen and oxygen atoms in total. The molecule has 0 aliphatic heterocycles. The van der Waals surface area contributed by atoms with Crippen molar-refractivity contribution in [1.29, 1.82) is 0 Å². The molecule has 0 unspecified atom stereocenters. The third kappa shape index (κ3) is 10.8. The first kappa shape index (κ1) is 40.3. The molecule has 0 bridgehead atoms. The van der Waals surface area contributed by atoms with E-state index in [1.54, 1.807) is 0 Å². The van der Waals surface area contributed by atoms with E-state index < -0.39 is 23.5 Å². The van der Waals surface area contributed by atoms with Crippen LogP contribution in [-0.2, 0) is 48.4 Å². The van der Waals surface area contributed by atoms with Gasteiger partial charge in [-0.05, 0) is 6.42 Å². The van der Waals surface area contributed by atoms with Crippen LogP contribution in [0.4, 0.5) is 26.3 Å². The summed E-state index contributed by atoms with van der Waals surface area (Å²) in [7, 11) is 0. The molecule has 0 radical (unpaired) electrons. The topological polar surface area (TPSA) is 0 Å². The van der Waals surface area contributed by atoms with Crippen molar-refractivity contribution in [3.8, 4) is 11.1 Å². The SMILES string of the molecule is Cc1cc(C(C)(C)C)c[cH-]1.FC(F)(F)c1cccc([C](=[Zr+2])c2cccc(C(F)(F)F)c2)c1.[Cl-].[Cl-].[c-]1cccc2c1Cc1ccccc1-2. The molecule has 1 aliphatic rings. The number of rotatable bonds is 2. The minimum absolute atomic E-state index is 0. The predicted octanol–water partition coefficient (Wildman–Crippen LogP) is 4.92. The molecule has 0 atom stereocenters. The van der Waals surface area contributed by atoms with Crippen LogP contribution in [0.3, 0.4) is 0 Å². The number of hydrogen-bond acceptors (Lipinski definition) is 0. The van der Waals surface area contributed by atoms with Gasteiger partial charge in [0.1, 0.15) is 0 Å². The minimum atomic E-state index is -4.49. The Balaban J connectivity index is 0.000000261. The molecule has 0 fully saturated rings. The van der Waals surface area contributed by atoms with E-state index in [4.69, 9.17) is 0 Å². The predicted molar refractivity (Wildman–Crippen MR) is 165 cm³/mol. The summed E-state index contributed by atoms with van der Waals surface area (Å²) in [4.78, 5) is 0. The van der Waals surface area contributed by atoms with Crippen LogP contribution in [0.15, 0.2) is 109 Å². The average molecular weight is 765 g/mol. The second-order valence-corrected chi connectivity index (χ2v) is 13.1. The molecule has 246 valence electrons. The molecule has 0 saturated heterocycles. The van der Waals surface area contributed by atoms with Gasteiger partial charge in [-0.1, -0.05) is 68.5 Å². The Kier molecular flexibility index (Phi) is 14.2. The van der Waals surface area contributed by atoms with E-state index in [0.717, 1.165) is 54.9 Å². The van der Waals surface area contributed by atoms with Gasteiger partial charge >= 0.3 is 137 Å². The Morgan fingerprint density at radius 3 is 1.68 bits per heavy atom. The van der Waals surface area contributed by atoms with Crippen LogP contribution in [0.5, 0.6) is 0 Å². The first-order valence-electron chi connectivity index (χ1n) is 14.3. The molecule has 0 N–H and O–H groups in total. The van der Waals surface area contributed by atoms with Crippen molar-refractivity contribution in [3.63, 3.8) is 0 Å². The Morgan fingerprint density at radius 2 is 1.21 bits per heavy atom. The van der Waals surface area contributed by atoms with E-state index in [1.807, 2.05) is 6.07 Å². The summed E-state index contributed by atoms with van der Waals surface area (Å²) in [6, 6.07) is 33.9. The zero-order valence-electron chi connectivity index (χ0n) is 26.1. The standard InChI is InChI=1S/C15H8F6.C13H9.C10H15.2ClH.Zr/c16-14(17,18)12-5-1-3-10(8-12)7-11-4-2-6-13(9-11)15(19,20)21;1-3-7-12-10(5-1)9-11-6-2-4-8-13(11)12;1-8-5-6-9(7-8)10(2,3)4;;;/h1-6,8-9H;1-5,7-8H,9H2;5-7H,1-4H3;2*1H;/q;2*-1;;;+2/p-2. The Hall–Kier alpha value is -2.86. The molecule has 47 heavy (non-hydrogen) atoms. The maximum atomic E-state index is 12.7. The Bertz CT molecular complexity index is 1670. The molecule has 0 aromatic heterocycles. The zero-order chi connectivity index (χ0) is 33.0. The van der Waals surface area contributed by atoms with Crippen LogP contribution >= 0.6 is 0 Å². The average Bonchev–Trinajstić information content (AvgIpc) is 3.61. The van der Waals surface area contributed by atoms with Crippen LogP contribution in [0.1, 0.15) is 65.3 Å². The van der Waals surface area contributed by atoms with Gasteiger partial charge in [0.2, 0.25) is 0 Å². The van der Waals surface area contributed by atoms with E-state index in [9.17, 15) is 26.3 Å². The fourth-order valence-electron chi connectivity index (χ4n) is 4.90. The second-order valence-electron chi connectivity index (χ2n) is 11.9. The van der Waals surface area contributed by atoms with Crippen LogP contribution < -0.4 is 24.8 Å². The maximum absolute atomic E-state index is 12.7. The molecular formula is C38H32Cl2F6Zr-2. The molecule has 1 aliphatic carbocycles. The van der Waals surface area contributed by atoms with Crippen molar-refractivity contribution in [3.05, 3.63) is 160 Å². The van der Waals surface area contributed by atoms with Crippen LogP contribution in [0.25, 0.3) is 11.1 Å². The van der Waals surface area contributed by atoms with Crippen molar-refractivity contribution in [1.82, 2.24) is 0 Å². The van der Waals surface area contributed by atoms with Gasteiger partial charge in [-0.2, -0.15) is 53.1 Å². The van der Waals surface area contributed by atoms with Crippen molar-refractivity contribution < 1.29 is 75.4 Å². The number of hydrogen-bond donors (Lipinski definition) is 0. The number of fused-ring (bicyclic) bond motifs is 3. The van der Waals surface area contributed by atoms with Crippen molar-refractivity contribution >= 4 is 3.21 Å². The third-order valence-corrected chi connectivity index (χ3v) is 8.77. The monoisotopic (exact) mass is 762 g/mol. The number of benzene rings is 4. The normalized spacial score (nSPS) is 11.7. The van der Waals surface area contributed by atoms with E-state index in [-0.39, 0.29) is 35.9 Å².